The van der Waals surface area contributed by atoms with Crippen LogP contribution in [0.3, 0.4) is 0 Å². The van der Waals surface area contributed by atoms with Crippen LogP contribution in [0.2, 0.25) is 0 Å². The summed E-state index contributed by atoms with van der Waals surface area (Å²) in [5.41, 5.74) is 1.79. The Morgan fingerprint density at radius 1 is 1.04 bits per heavy atom. The number of carbonyl (C=O) groups is 1. The molecule has 0 bridgehead atoms. The van der Waals surface area contributed by atoms with Gasteiger partial charge in [0.25, 0.3) is 11.8 Å². The van der Waals surface area contributed by atoms with E-state index in [-0.39, 0.29) is 17.6 Å². The van der Waals surface area contributed by atoms with Crippen LogP contribution in [-0.2, 0) is 0 Å². The number of aromatic nitrogens is 2. The highest BCUT2D eigenvalue weighted by Gasteiger charge is 2.24. The molecule has 1 aliphatic heterocycles. The van der Waals surface area contributed by atoms with Gasteiger partial charge in [-0.25, -0.2) is 4.39 Å². The molecule has 27 heavy (non-hydrogen) atoms. The average Bonchev–Trinajstić information content (AvgIpc) is 3.19. The summed E-state index contributed by atoms with van der Waals surface area (Å²) in [7, 11) is 2.05. The number of likely N-dealkylation sites (N-methyl/N-ethyl adjacent to an activating group) is 1. The van der Waals surface area contributed by atoms with Gasteiger partial charge in [0.05, 0.1) is 11.1 Å². The van der Waals surface area contributed by atoms with E-state index in [9.17, 15) is 9.18 Å². The van der Waals surface area contributed by atoms with Crippen molar-refractivity contribution in [3.63, 3.8) is 0 Å². The third-order valence-electron chi connectivity index (χ3n) is 4.71. The minimum atomic E-state index is -0.328. The maximum atomic E-state index is 13.1. The lowest BCUT2D eigenvalue weighted by Gasteiger charge is -2.32. The second kappa shape index (κ2) is 7.28. The number of benzene rings is 2. The average molecular weight is 366 g/mol. The number of piperazine rings is 1. The minimum Gasteiger partial charge on any atom is -0.336 e. The van der Waals surface area contributed by atoms with Crippen LogP contribution >= 0.6 is 0 Å². The van der Waals surface area contributed by atoms with Gasteiger partial charge in [0.1, 0.15) is 5.82 Å². The van der Waals surface area contributed by atoms with E-state index in [1.54, 1.807) is 24.3 Å². The zero-order valence-corrected chi connectivity index (χ0v) is 14.9. The molecule has 0 unspecified atom stereocenters. The van der Waals surface area contributed by atoms with Crippen LogP contribution in [0.15, 0.2) is 53.1 Å². The van der Waals surface area contributed by atoms with Gasteiger partial charge < -0.3 is 14.3 Å². The quantitative estimate of drug-likeness (QED) is 0.713. The SMILES string of the molecule is CN1CCN(C(=O)c2ccccc2-c2nc(-c3ccc(F)cc3)no2)CC1. The first-order valence-electron chi connectivity index (χ1n) is 8.79. The largest absolute Gasteiger partial charge is 0.336 e. The summed E-state index contributed by atoms with van der Waals surface area (Å²) in [6.45, 7) is 3.08. The van der Waals surface area contributed by atoms with Crippen molar-refractivity contribution in [2.75, 3.05) is 33.2 Å². The molecule has 3 aromatic rings. The topological polar surface area (TPSA) is 62.5 Å². The maximum absolute atomic E-state index is 13.1. The van der Waals surface area contributed by atoms with Crippen LogP contribution in [0.1, 0.15) is 10.4 Å². The molecule has 1 fully saturated rings. The summed E-state index contributed by atoms with van der Waals surface area (Å²) in [6, 6.07) is 13.1. The Balaban J connectivity index is 1.63. The summed E-state index contributed by atoms with van der Waals surface area (Å²) >= 11 is 0. The van der Waals surface area contributed by atoms with Gasteiger partial charge in [0.15, 0.2) is 0 Å². The summed E-state index contributed by atoms with van der Waals surface area (Å²) < 4.78 is 18.5. The fraction of sp³-hybridized carbons (Fsp3) is 0.250. The molecule has 0 radical (unpaired) electrons. The van der Waals surface area contributed by atoms with Crippen molar-refractivity contribution < 1.29 is 13.7 Å². The number of hydrogen-bond acceptors (Lipinski definition) is 5. The number of hydrogen-bond donors (Lipinski definition) is 0. The van der Waals surface area contributed by atoms with E-state index in [1.165, 1.54) is 12.1 Å². The van der Waals surface area contributed by atoms with E-state index in [2.05, 4.69) is 15.0 Å². The molecule has 1 aromatic heterocycles. The molecule has 1 amide bonds. The first-order chi connectivity index (χ1) is 13.1. The van der Waals surface area contributed by atoms with Crippen molar-refractivity contribution >= 4 is 5.91 Å². The number of amides is 1. The van der Waals surface area contributed by atoms with Gasteiger partial charge in [-0.05, 0) is 43.4 Å². The van der Waals surface area contributed by atoms with Gasteiger partial charge >= 0.3 is 0 Å². The van der Waals surface area contributed by atoms with Gasteiger partial charge in [-0.3, -0.25) is 4.79 Å². The second-order valence-corrected chi connectivity index (χ2v) is 6.57. The van der Waals surface area contributed by atoms with Crippen LogP contribution < -0.4 is 0 Å². The Kier molecular flexibility index (Phi) is 4.68. The van der Waals surface area contributed by atoms with E-state index in [4.69, 9.17) is 4.52 Å². The lowest BCUT2D eigenvalue weighted by atomic mass is 10.1. The monoisotopic (exact) mass is 366 g/mol. The molecule has 1 aliphatic rings. The highest BCUT2D eigenvalue weighted by molar-refractivity contribution is 6.00. The van der Waals surface area contributed by atoms with E-state index < -0.39 is 0 Å². The maximum Gasteiger partial charge on any atom is 0.259 e. The molecule has 0 saturated carbocycles. The van der Waals surface area contributed by atoms with Crippen LogP contribution in [0.5, 0.6) is 0 Å². The molecule has 138 valence electrons. The van der Waals surface area contributed by atoms with Crippen LogP contribution in [0, 0.1) is 5.82 Å². The van der Waals surface area contributed by atoms with Gasteiger partial charge in [-0.2, -0.15) is 4.98 Å². The Labute approximate surface area is 156 Å². The van der Waals surface area contributed by atoms with Gasteiger partial charge in [0.2, 0.25) is 5.82 Å². The van der Waals surface area contributed by atoms with Crippen LogP contribution in [-0.4, -0.2) is 59.1 Å². The highest BCUT2D eigenvalue weighted by atomic mass is 19.1. The minimum absolute atomic E-state index is 0.0415. The fourth-order valence-electron chi connectivity index (χ4n) is 3.09. The van der Waals surface area contributed by atoms with Crippen LogP contribution in [0.25, 0.3) is 22.8 Å². The third kappa shape index (κ3) is 3.59. The summed E-state index contributed by atoms with van der Waals surface area (Å²) in [6.07, 6.45) is 0. The lowest BCUT2D eigenvalue weighted by Crippen LogP contribution is -2.47. The molecule has 2 aromatic carbocycles. The molecule has 0 aliphatic carbocycles. The fourth-order valence-corrected chi connectivity index (χ4v) is 3.09. The summed E-state index contributed by atoms with van der Waals surface area (Å²) in [5.74, 6) is 0.255. The van der Waals surface area contributed by atoms with Crippen molar-refractivity contribution in [3.05, 3.63) is 59.9 Å². The molecule has 4 rings (SSSR count). The zero-order valence-electron chi connectivity index (χ0n) is 14.9. The Hall–Kier alpha value is -3.06. The standard InChI is InChI=1S/C20H19FN4O2/c1-24-10-12-25(13-11-24)20(26)17-5-3-2-4-16(17)19-22-18(23-27-19)14-6-8-15(21)9-7-14/h2-9H,10-13H2,1H3. The first kappa shape index (κ1) is 17.4. The van der Waals surface area contributed by atoms with E-state index in [1.807, 2.05) is 24.1 Å². The summed E-state index contributed by atoms with van der Waals surface area (Å²) in [4.78, 5) is 21.4. The number of carbonyl (C=O) groups excluding carboxylic acids is 1. The molecular formula is C20H19FN4O2. The van der Waals surface area contributed by atoms with Gasteiger partial charge in [0, 0.05) is 31.7 Å². The zero-order chi connectivity index (χ0) is 18.8. The van der Waals surface area contributed by atoms with Crippen molar-refractivity contribution in [2.24, 2.45) is 0 Å². The molecule has 6 nitrogen and oxygen atoms in total. The Morgan fingerprint density at radius 2 is 1.74 bits per heavy atom. The second-order valence-electron chi connectivity index (χ2n) is 6.57. The molecule has 1 saturated heterocycles. The molecule has 7 heteroatoms. The number of halogens is 1. The predicted octanol–water partition coefficient (Wildman–Crippen LogP) is 2.93. The number of rotatable bonds is 3. The normalized spacial score (nSPS) is 15.1. The number of nitrogens with zero attached hydrogens (tertiary/aromatic N) is 4. The van der Waals surface area contributed by atoms with Crippen molar-refractivity contribution in [1.82, 2.24) is 19.9 Å². The Bertz CT molecular complexity index is 947. The molecule has 2 heterocycles. The lowest BCUT2D eigenvalue weighted by molar-refractivity contribution is 0.0664. The Morgan fingerprint density at radius 3 is 2.48 bits per heavy atom. The molecule has 0 atom stereocenters. The third-order valence-corrected chi connectivity index (χ3v) is 4.71. The van der Waals surface area contributed by atoms with E-state index in [0.717, 1.165) is 13.1 Å². The van der Waals surface area contributed by atoms with Crippen LogP contribution in [0.4, 0.5) is 4.39 Å². The smallest absolute Gasteiger partial charge is 0.259 e. The molecule has 0 N–H and O–H groups in total. The first-order valence-corrected chi connectivity index (χ1v) is 8.79. The highest BCUT2D eigenvalue weighted by Crippen LogP contribution is 2.26. The molecule has 0 spiro atoms. The van der Waals surface area contributed by atoms with E-state index in [0.29, 0.717) is 35.6 Å². The van der Waals surface area contributed by atoms with Gasteiger partial charge in [-0.1, -0.05) is 17.3 Å². The predicted molar refractivity (Wildman–Crippen MR) is 98.5 cm³/mol. The molecular weight excluding hydrogens is 347 g/mol. The summed E-state index contributed by atoms with van der Waals surface area (Å²) in [5, 5.41) is 3.98. The van der Waals surface area contributed by atoms with Crippen molar-refractivity contribution in [2.45, 2.75) is 0 Å². The van der Waals surface area contributed by atoms with Gasteiger partial charge in [-0.15, -0.1) is 0 Å². The van der Waals surface area contributed by atoms with Crippen molar-refractivity contribution in [1.29, 1.82) is 0 Å². The van der Waals surface area contributed by atoms with E-state index >= 15 is 0 Å². The van der Waals surface area contributed by atoms with Crippen molar-refractivity contribution in [3.8, 4) is 22.8 Å².